The summed E-state index contributed by atoms with van der Waals surface area (Å²) in [6, 6.07) is 0.737. The average Bonchev–Trinajstić information content (AvgIpc) is 2.27. The van der Waals surface area contributed by atoms with Gasteiger partial charge in [-0.15, -0.1) is 0 Å². The number of rotatable bonds is 3. The van der Waals surface area contributed by atoms with Gasteiger partial charge in [0.05, 0.1) is 10.6 Å². The van der Waals surface area contributed by atoms with E-state index in [1.54, 1.807) is 0 Å². The number of hydrogen-bond donors (Lipinski definition) is 1. The van der Waals surface area contributed by atoms with E-state index in [2.05, 4.69) is 17.0 Å². The Kier molecular flexibility index (Phi) is 4.18. The lowest BCUT2D eigenvalue weighted by molar-refractivity contribution is -0.137. The van der Waals surface area contributed by atoms with Crippen LogP contribution in [0.5, 0.6) is 0 Å². The van der Waals surface area contributed by atoms with Crippen LogP contribution in [0.15, 0.2) is 24.9 Å². The second-order valence-electron chi connectivity index (χ2n) is 3.27. The molecule has 0 spiro atoms. The molecule has 4 nitrogen and oxygen atoms in total. The summed E-state index contributed by atoms with van der Waals surface area (Å²) in [4.78, 5) is 14.6. The van der Waals surface area contributed by atoms with Gasteiger partial charge in [-0.3, -0.25) is 15.2 Å². The maximum atomic E-state index is 12.4. The van der Waals surface area contributed by atoms with Crippen molar-refractivity contribution in [2.45, 2.75) is 6.18 Å². The number of nitrogens with zero attached hydrogens (tertiary/aromatic N) is 2. The van der Waals surface area contributed by atoms with Crippen molar-refractivity contribution in [3.8, 4) is 0 Å². The first-order valence-electron chi connectivity index (χ1n) is 4.65. The fraction of sp³-hybridized carbons (Fsp3) is 0.200. The predicted molar refractivity (Wildman–Crippen MR) is 61.0 cm³/mol. The third-order valence-electron chi connectivity index (χ3n) is 1.93. The van der Waals surface area contributed by atoms with Gasteiger partial charge in [0.15, 0.2) is 5.82 Å². The molecule has 0 fully saturated rings. The SMILES string of the molecule is C=CC(=O)NN(C)c1ncc(C(F)(F)F)cc1Cl. The summed E-state index contributed by atoms with van der Waals surface area (Å²) in [6.07, 6.45) is -2.87. The molecule has 0 atom stereocenters. The molecule has 0 bridgehead atoms. The van der Waals surface area contributed by atoms with Crippen LogP contribution in [0.4, 0.5) is 19.0 Å². The topological polar surface area (TPSA) is 45.2 Å². The maximum absolute atomic E-state index is 12.4. The Morgan fingerprint density at radius 1 is 1.61 bits per heavy atom. The van der Waals surface area contributed by atoms with Crippen molar-refractivity contribution in [3.05, 3.63) is 35.5 Å². The predicted octanol–water partition coefficient (Wildman–Crippen LogP) is 2.41. The molecule has 1 N–H and O–H groups in total. The molecule has 0 radical (unpaired) electrons. The zero-order valence-electron chi connectivity index (χ0n) is 9.25. The zero-order valence-corrected chi connectivity index (χ0v) is 10.0. The molecule has 1 aromatic rings. The average molecular weight is 280 g/mol. The minimum atomic E-state index is -4.52. The van der Waals surface area contributed by atoms with E-state index in [4.69, 9.17) is 11.6 Å². The number of anilines is 1. The molecule has 1 aromatic heterocycles. The Bertz CT molecular complexity index is 476. The molecule has 0 saturated carbocycles. The zero-order chi connectivity index (χ0) is 13.9. The molecule has 98 valence electrons. The lowest BCUT2D eigenvalue weighted by atomic mass is 10.3. The molecule has 0 aliphatic rings. The van der Waals surface area contributed by atoms with Crippen molar-refractivity contribution in [2.24, 2.45) is 0 Å². The molecular weight excluding hydrogens is 271 g/mol. The van der Waals surface area contributed by atoms with E-state index in [0.717, 1.165) is 17.2 Å². The highest BCUT2D eigenvalue weighted by atomic mass is 35.5. The van der Waals surface area contributed by atoms with Crippen LogP contribution in [-0.4, -0.2) is 17.9 Å². The van der Waals surface area contributed by atoms with Crippen LogP contribution in [0.1, 0.15) is 5.56 Å². The van der Waals surface area contributed by atoms with Crippen LogP contribution in [0, 0.1) is 0 Å². The molecular formula is C10H9ClF3N3O. The van der Waals surface area contributed by atoms with E-state index in [9.17, 15) is 18.0 Å². The Morgan fingerprint density at radius 3 is 2.67 bits per heavy atom. The smallest absolute Gasteiger partial charge is 0.270 e. The normalized spacial score (nSPS) is 10.9. The lowest BCUT2D eigenvalue weighted by Crippen LogP contribution is -2.39. The van der Waals surface area contributed by atoms with E-state index in [1.807, 2.05) is 0 Å². The van der Waals surface area contributed by atoms with Crippen LogP contribution >= 0.6 is 11.6 Å². The number of amides is 1. The van der Waals surface area contributed by atoms with Gasteiger partial charge in [-0.05, 0) is 12.1 Å². The summed E-state index contributed by atoms with van der Waals surface area (Å²) in [5.74, 6) is -0.532. The quantitative estimate of drug-likeness (QED) is 0.683. The molecule has 0 aliphatic carbocycles. The lowest BCUT2D eigenvalue weighted by Gasteiger charge is -2.19. The highest BCUT2D eigenvalue weighted by molar-refractivity contribution is 6.33. The van der Waals surface area contributed by atoms with Gasteiger partial charge in [0.1, 0.15) is 0 Å². The first-order chi connectivity index (χ1) is 8.25. The van der Waals surface area contributed by atoms with Crippen molar-refractivity contribution < 1.29 is 18.0 Å². The molecule has 1 amide bonds. The van der Waals surface area contributed by atoms with Crippen LogP contribution in [0.25, 0.3) is 0 Å². The Hall–Kier alpha value is -1.76. The van der Waals surface area contributed by atoms with Gasteiger partial charge >= 0.3 is 6.18 Å². The number of nitrogens with one attached hydrogen (secondary N) is 1. The number of carbonyl (C=O) groups is 1. The van der Waals surface area contributed by atoms with Gasteiger partial charge < -0.3 is 0 Å². The van der Waals surface area contributed by atoms with Gasteiger partial charge in [0, 0.05) is 13.2 Å². The summed E-state index contributed by atoms with van der Waals surface area (Å²) >= 11 is 5.68. The molecule has 1 rings (SSSR count). The Balaban J connectivity index is 2.99. The van der Waals surface area contributed by atoms with Crippen molar-refractivity contribution in [1.29, 1.82) is 0 Å². The second-order valence-corrected chi connectivity index (χ2v) is 3.67. The summed E-state index contributed by atoms with van der Waals surface area (Å²) < 4.78 is 37.1. The van der Waals surface area contributed by atoms with E-state index < -0.39 is 17.6 Å². The third-order valence-corrected chi connectivity index (χ3v) is 2.21. The van der Waals surface area contributed by atoms with E-state index in [-0.39, 0.29) is 10.8 Å². The van der Waals surface area contributed by atoms with Gasteiger partial charge in [-0.2, -0.15) is 13.2 Å². The van der Waals surface area contributed by atoms with E-state index in [1.165, 1.54) is 7.05 Å². The highest BCUT2D eigenvalue weighted by Crippen LogP contribution is 2.32. The standard InChI is InChI=1S/C10H9ClF3N3O/c1-3-8(18)16-17(2)9-7(11)4-6(5-15-9)10(12,13)14/h3-5H,1H2,2H3,(H,16,18). The summed E-state index contributed by atoms with van der Waals surface area (Å²) in [5.41, 5.74) is 1.33. The fourth-order valence-corrected chi connectivity index (χ4v) is 1.39. The molecule has 8 heteroatoms. The van der Waals surface area contributed by atoms with Crippen LogP contribution in [0.2, 0.25) is 5.02 Å². The molecule has 18 heavy (non-hydrogen) atoms. The second kappa shape index (κ2) is 5.26. The van der Waals surface area contributed by atoms with Gasteiger partial charge in [0.25, 0.3) is 5.91 Å². The molecule has 0 saturated heterocycles. The minimum Gasteiger partial charge on any atom is -0.270 e. The van der Waals surface area contributed by atoms with Crippen molar-refractivity contribution in [1.82, 2.24) is 10.4 Å². The summed E-state index contributed by atoms with van der Waals surface area (Å²) in [7, 11) is 1.39. The molecule has 0 aliphatic heterocycles. The van der Waals surface area contributed by atoms with E-state index >= 15 is 0 Å². The van der Waals surface area contributed by atoms with Gasteiger partial charge in [-0.1, -0.05) is 18.2 Å². The van der Waals surface area contributed by atoms with Crippen molar-refractivity contribution >= 4 is 23.3 Å². The molecule has 1 heterocycles. The number of pyridine rings is 1. The molecule has 0 unspecified atom stereocenters. The minimum absolute atomic E-state index is 0.000123. The van der Waals surface area contributed by atoms with Crippen molar-refractivity contribution in [3.63, 3.8) is 0 Å². The highest BCUT2D eigenvalue weighted by Gasteiger charge is 2.31. The van der Waals surface area contributed by atoms with Crippen molar-refractivity contribution in [2.75, 3.05) is 12.1 Å². The third kappa shape index (κ3) is 3.36. The fourth-order valence-electron chi connectivity index (χ4n) is 1.10. The number of halogens is 4. The van der Waals surface area contributed by atoms with Gasteiger partial charge in [-0.25, -0.2) is 4.98 Å². The largest absolute Gasteiger partial charge is 0.417 e. The van der Waals surface area contributed by atoms with Crippen LogP contribution in [0.3, 0.4) is 0 Å². The van der Waals surface area contributed by atoms with Crippen LogP contribution in [-0.2, 0) is 11.0 Å². The number of aromatic nitrogens is 1. The number of hydrogen-bond acceptors (Lipinski definition) is 3. The van der Waals surface area contributed by atoms with E-state index in [0.29, 0.717) is 6.20 Å². The number of alkyl halides is 3. The van der Waals surface area contributed by atoms with Gasteiger partial charge in [0.2, 0.25) is 0 Å². The Morgan fingerprint density at radius 2 is 2.22 bits per heavy atom. The Labute approximate surface area is 106 Å². The maximum Gasteiger partial charge on any atom is 0.417 e. The van der Waals surface area contributed by atoms with Crippen LogP contribution < -0.4 is 10.4 Å². The number of hydrazine groups is 1. The monoisotopic (exact) mass is 279 g/mol. The summed E-state index contributed by atoms with van der Waals surface area (Å²) in [6.45, 7) is 3.24. The molecule has 0 aromatic carbocycles. The first-order valence-corrected chi connectivity index (χ1v) is 5.03. The number of carbonyl (C=O) groups excluding carboxylic acids is 1. The first kappa shape index (κ1) is 14.3. The summed E-state index contributed by atoms with van der Waals surface area (Å²) in [5, 5.41) is 0.878.